The van der Waals surface area contributed by atoms with Crippen molar-refractivity contribution < 1.29 is 4.39 Å². The van der Waals surface area contributed by atoms with E-state index in [2.05, 4.69) is 17.1 Å². The minimum atomic E-state index is -0.127. The van der Waals surface area contributed by atoms with E-state index in [4.69, 9.17) is 0 Å². The van der Waals surface area contributed by atoms with Crippen molar-refractivity contribution in [2.45, 2.75) is 32.2 Å². The van der Waals surface area contributed by atoms with Crippen molar-refractivity contribution >= 4 is 0 Å². The van der Waals surface area contributed by atoms with E-state index in [1.807, 2.05) is 6.07 Å². The van der Waals surface area contributed by atoms with Gasteiger partial charge in [0, 0.05) is 12.6 Å². The van der Waals surface area contributed by atoms with Gasteiger partial charge >= 0.3 is 0 Å². The quantitative estimate of drug-likeness (QED) is 0.886. The van der Waals surface area contributed by atoms with Crippen molar-refractivity contribution in [2.75, 3.05) is 26.2 Å². The van der Waals surface area contributed by atoms with Gasteiger partial charge in [-0.15, -0.1) is 0 Å². The van der Waals surface area contributed by atoms with Gasteiger partial charge in [0.2, 0.25) is 0 Å². The Morgan fingerprint density at radius 3 is 3.11 bits per heavy atom. The fourth-order valence-corrected chi connectivity index (χ4v) is 2.44. The van der Waals surface area contributed by atoms with Crippen LogP contribution < -0.4 is 5.32 Å². The third kappa shape index (κ3) is 4.39. The summed E-state index contributed by atoms with van der Waals surface area (Å²) in [6.07, 6.45) is 3.34. The molecule has 0 amide bonds. The van der Waals surface area contributed by atoms with Gasteiger partial charge in [-0.25, -0.2) is 4.39 Å². The van der Waals surface area contributed by atoms with Crippen LogP contribution in [0.25, 0.3) is 0 Å². The fourth-order valence-electron chi connectivity index (χ4n) is 2.44. The van der Waals surface area contributed by atoms with E-state index in [0.29, 0.717) is 6.04 Å². The zero-order valence-corrected chi connectivity index (χ0v) is 11.2. The van der Waals surface area contributed by atoms with Gasteiger partial charge in [-0.3, -0.25) is 0 Å². The van der Waals surface area contributed by atoms with E-state index in [0.717, 1.165) is 38.2 Å². The van der Waals surface area contributed by atoms with Crippen LogP contribution in [0.3, 0.4) is 0 Å². The molecule has 1 aromatic rings. The molecule has 1 fully saturated rings. The second kappa shape index (κ2) is 6.86. The smallest absolute Gasteiger partial charge is 0.123 e. The fraction of sp³-hybridized carbons (Fsp3) is 0.600. The zero-order chi connectivity index (χ0) is 12.8. The van der Waals surface area contributed by atoms with Crippen molar-refractivity contribution in [3.8, 4) is 0 Å². The molecule has 1 N–H and O–H groups in total. The van der Waals surface area contributed by atoms with Gasteiger partial charge in [0.05, 0.1) is 0 Å². The van der Waals surface area contributed by atoms with Gasteiger partial charge in [0.25, 0.3) is 0 Å². The van der Waals surface area contributed by atoms with Crippen LogP contribution in [-0.4, -0.2) is 37.1 Å². The van der Waals surface area contributed by atoms with Crippen LogP contribution in [0.4, 0.5) is 4.39 Å². The molecule has 0 aromatic heterocycles. The lowest BCUT2D eigenvalue weighted by atomic mass is 10.1. The Hall–Kier alpha value is -0.930. The van der Waals surface area contributed by atoms with E-state index in [1.165, 1.54) is 18.9 Å². The minimum Gasteiger partial charge on any atom is -0.314 e. The van der Waals surface area contributed by atoms with Crippen LogP contribution in [0.5, 0.6) is 0 Å². The SMILES string of the molecule is CC1CCN(CCc2cccc(F)c2)CCCN1. The summed E-state index contributed by atoms with van der Waals surface area (Å²) < 4.78 is 13.1. The minimum absolute atomic E-state index is 0.127. The number of rotatable bonds is 3. The number of hydrogen-bond acceptors (Lipinski definition) is 2. The summed E-state index contributed by atoms with van der Waals surface area (Å²) in [5.41, 5.74) is 1.10. The maximum atomic E-state index is 13.1. The number of nitrogens with one attached hydrogen (secondary N) is 1. The molecular weight excluding hydrogens is 227 g/mol. The van der Waals surface area contributed by atoms with Crippen molar-refractivity contribution in [3.63, 3.8) is 0 Å². The molecule has 1 aliphatic heterocycles. The van der Waals surface area contributed by atoms with Crippen molar-refractivity contribution in [3.05, 3.63) is 35.6 Å². The summed E-state index contributed by atoms with van der Waals surface area (Å²) in [6.45, 7) is 6.68. The zero-order valence-electron chi connectivity index (χ0n) is 11.2. The first-order valence-corrected chi connectivity index (χ1v) is 6.94. The maximum absolute atomic E-state index is 13.1. The van der Waals surface area contributed by atoms with Crippen molar-refractivity contribution in [1.82, 2.24) is 10.2 Å². The van der Waals surface area contributed by atoms with E-state index in [-0.39, 0.29) is 5.82 Å². The number of nitrogens with zero attached hydrogens (tertiary/aromatic N) is 1. The normalized spacial score (nSPS) is 22.4. The molecule has 0 bridgehead atoms. The molecule has 1 saturated heterocycles. The molecular formula is C15H23FN2. The molecule has 1 unspecified atom stereocenters. The van der Waals surface area contributed by atoms with E-state index in [9.17, 15) is 4.39 Å². The first-order chi connectivity index (χ1) is 8.74. The molecule has 2 nitrogen and oxygen atoms in total. The van der Waals surface area contributed by atoms with Crippen molar-refractivity contribution in [2.24, 2.45) is 0 Å². The predicted octanol–water partition coefficient (Wildman–Crippen LogP) is 2.44. The molecule has 0 radical (unpaired) electrons. The Morgan fingerprint density at radius 2 is 2.28 bits per heavy atom. The summed E-state index contributed by atoms with van der Waals surface area (Å²) in [7, 11) is 0. The van der Waals surface area contributed by atoms with E-state index < -0.39 is 0 Å². The summed E-state index contributed by atoms with van der Waals surface area (Å²) in [5.74, 6) is -0.127. The molecule has 1 heterocycles. The Morgan fingerprint density at radius 1 is 1.39 bits per heavy atom. The highest BCUT2D eigenvalue weighted by molar-refractivity contribution is 5.16. The molecule has 2 rings (SSSR count). The molecule has 18 heavy (non-hydrogen) atoms. The lowest BCUT2D eigenvalue weighted by molar-refractivity contribution is 0.239. The summed E-state index contributed by atoms with van der Waals surface area (Å²) in [6, 6.07) is 7.57. The first kappa shape index (κ1) is 13.5. The molecule has 1 atom stereocenters. The van der Waals surface area contributed by atoms with Crippen LogP contribution in [0.2, 0.25) is 0 Å². The van der Waals surface area contributed by atoms with Crippen molar-refractivity contribution in [1.29, 1.82) is 0 Å². The summed E-state index contributed by atoms with van der Waals surface area (Å²) >= 11 is 0. The third-order valence-electron chi connectivity index (χ3n) is 3.63. The van der Waals surface area contributed by atoms with Crippen LogP contribution in [0.15, 0.2) is 24.3 Å². The highest BCUT2D eigenvalue weighted by atomic mass is 19.1. The van der Waals surface area contributed by atoms with Gasteiger partial charge < -0.3 is 10.2 Å². The number of benzene rings is 1. The second-order valence-corrected chi connectivity index (χ2v) is 5.22. The Kier molecular flexibility index (Phi) is 5.14. The van der Waals surface area contributed by atoms with Crippen LogP contribution in [-0.2, 0) is 6.42 Å². The summed E-state index contributed by atoms with van der Waals surface area (Å²) in [4.78, 5) is 2.50. The molecule has 0 saturated carbocycles. The molecule has 100 valence electrons. The monoisotopic (exact) mass is 250 g/mol. The van der Waals surface area contributed by atoms with Crippen LogP contribution in [0.1, 0.15) is 25.3 Å². The van der Waals surface area contributed by atoms with Crippen LogP contribution in [0, 0.1) is 5.82 Å². The number of halogens is 1. The van der Waals surface area contributed by atoms with Gasteiger partial charge in [0.15, 0.2) is 0 Å². The largest absolute Gasteiger partial charge is 0.314 e. The Labute approximate surface area is 109 Å². The first-order valence-electron chi connectivity index (χ1n) is 6.94. The number of hydrogen-bond donors (Lipinski definition) is 1. The average molecular weight is 250 g/mol. The third-order valence-corrected chi connectivity index (χ3v) is 3.63. The van der Waals surface area contributed by atoms with E-state index in [1.54, 1.807) is 12.1 Å². The van der Waals surface area contributed by atoms with Gasteiger partial charge in [-0.2, -0.15) is 0 Å². The molecule has 1 aliphatic rings. The van der Waals surface area contributed by atoms with Gasteiger partial charge in [-0.1, -0.05) is 12.1 Å². The maximum Gasteiger partial charge on any atom is 0.123 e. The highest BCUT2D eigenvalue weighted by Crippen LogP contribution is 2.07. The highest BCUT2D eigenvalue weighted by Gasteiger charge is 2.11. The standard InChI is InChI=1S/C15H23FN2/c1-13-6-10-18(9-3-8-17-13)11-7-14-4-2-5-15(16)12-14/h2,4-5,12-13,17H,3,6-11H2,1H3. The topological polar surface area (TPSA) is 15.3 Å². The molecule has 3 heteroatoms. The van der Waals surface area contributed by atoms with Gasteiger partial charge in [0.1, 0.15) is 5.82 Å². The van der Waals surface area contributed by atoms with Crippen LogP contribution >= 0.6 is 0 Å². The Bertz CT molecular complexity index is 367. The molecule has 1 aromatic carbocycles. The van der Waals surface area contributed by atoms with Gasteiger partial charge in [-0.05, 0) is 63.5 Å². The summed E-state index contributed by atoms with van der Waals surface area (Å²) in [5, 5.41) is 3.51. The second-order valence-electron chi connectivity index (χ2n) is 5.22. The molecule has 0 aliphatic carbocycles. The average Bonchev–Trinajstić information content (AvgIpc) is 2.34. The van der Waals surface area contributed by atoms with E-state index >= 15 is 0 Å². The lowest BCUT2D eigenvalue weighted by Gasteiger charge is -2.27. The Balaban J connectivity index is 1.81. The predicted molar refractivity (Wildman–Crippen MR) is 73.2 cm³/mol. The lowest BCUT2D eigenvalue weighted by Crippen LogP contribution is -2.39. The molecule has 0 spiro atoms.